The lowest BCUT2D eigenvalue weighted by Gasteiger charge is -2.22. The number of nitrogens with zero attached hydrogens (tertiary/aromatic N) is 2. The van der Waals surface area contributed by atoms with Crippen LogP contribution >= 0.6 is 0 Å². The van der Waals surface area contributed by atoms with E-state index in [1.165, 1.54) is 6.33 Å². The van der Waals surface area contributed by atoms with E-state index in [2.05, 4.69) is 25.8 Å². The number of carbonyl (C=O) groups is 1. The summed E-state index contributed by atoms with van der Waals surface area (Å²) in [6.45, 7) is 3.09. The van der Waals surface area contributed by atoms with Gasteiger partial charge in [-0.1, -0.05) is 0 Å². The fraction of sp³-hybridized carbons (Fsp3) is 0.750. The second-order valence-electron chi connectivity index (χ2n) is 4.60. The summed E-state index contributed by atoms with van der Waals surface area (Å²) in [4.78, 5) is 15.6. The van der Waals surface area contributed by atoms with Gasteiger partial charge in [-0.3, -0.25) is 9.89 Å². The van der Waals surface area contributed by atoms with Gasteiger partial charge in [0, 0.05) is 19.4 Å². The molecule has 7 heteroatoms. The minimum absolute atomic E-state index is 0.0217. The van der Waals surface area contributed by atoms with Crippen molar-refractivity contribution >= 4 is 5.91 Å². The van der Waals surface area contributed by atoms with E-state index >= 15 is 0 Å². The number of amides is 1. The normalized spacial score (nSPS) is 16.4. The standard InChI is InChI=1S/C12H21N5O2/c18-12(14-7-3-11-15-9-16-17-11)4-8-19-10-1-5-13-6-2-10/h9-10,13H,1-8H2,(H,14,18)(H,15,16,17). The van der Waals surface area contributed by atoms with Crippen LogP contribution in [0.4, 0.5) is 0 Å². The first kappa shape index (κ1) is 14.0. The molecule has 1 aliphatic rings. The zero-order chi connectivity index (χ0) is 13.3. The Morgan fingerprint density at radius 1 is 1.47 bits per heavy atom. The number of aromatic amines is 1. The summed E-state index contributed by atoms with van der Waals surface area (Å²) in [6.07, 6.45) is 4.93. The lowest BCUT2D eigenvalue weighted by Crippen LogP contribution is -2.33. The Bertz CT molecular complexity index is 362. The highest BCUT2D eigenvalue weighted by Crippen LogP contribution is 2.07. The number of ether oxygens (including phenoxy) is 1. The zero-order valence-corrected chi connectivity index (χ0v) is 11.0. The highest BCUT2D eigenvalue weighted by molar-refractivity contribution is 5.75. The Morgan fingerprint density at radius 3 is 3.05 bits per heavy atom. The van der Waals surface area contributed by atoms with Crippen LogP contribution in [0.3, 0.4) is 0 Å². The summed E-state index contributed by atoms with van der Waals surface area (Å²) >= 11 is 0. The van der Waals surface area contributed by atoms with Crippen LogP contribution in [-0.4, -0.2) is 53.4 Å². The lowest BCUT2D eigenvalue weighted by molar-refractivity contribution is -0.122. The molecular weight excluding hydrogens is 246 g/mol. The number of aromatic nitrogens is 3. The summed E-state index contributed by atoms with van der Waals surface area (Å²) in [5.74, 6) is 0.805. The number of H-pyrrole nitrogens is 1. The molecule has 0 aromatic carbocycles. The van der Waals surface area contributed by atoms with Gasteiger partial charge >= 0.3 is 0 Å². The van der Waals surface area contributed by atoms with Gasteiger partial charge in [-0.2, -0.15) is 5.10 Å². The van der Waals surface area contributed by atoms with E-state index in [1.807, 2.05) is 0 Å². The smallest absolute Gasteiger partial charge is 0.222 e. The number of carbonyl (C=O) groups excluding carboxylic acids is 1. The molecule has 2 rings (SSSR count). The molecule has 0 aliphatic carbocycles. The van der Waals surface area contributed by atoms with E-state index in [1.54, 1.807) is 0 Å². The van der Waals surface area contributed by atoms with E-state index in [0.717, 1.165) is 31.8 Å². The Hall–Kier alpha value is -1.47. The van der Waals surface area contributed by atoms with E-state index in [0.29, 0.717) is 32.1 Å². The second kappa shape index (κ2) is 7.85. The Morgan fingerprint density at radius 2 is 2.32 bits per heavy atom. The van der Waals surface area contributed by atoms with Crippen LogP contribution in [-0.2, 0) is 16.0 Å². The van der Waals surface area contributed by atoms with Crippen LogP contribution in [0.2, 0.25) is 0 Å². The van der Waals surface area contributed by atoms with Crippen molar-refractivity contribution < 1.29 is 9.53 Å². The van der Waals surface area contributed by atoms with Crippen LogP contribution < -0.4 is 10.6 Å². The quantitative estimate of drug-likeness (QED) is 0.626. The highest BCUT2D eigenvalue weighted by atomic mass is 16.5. The maximum Gasteiger partial charge on any atom is 0.222 e. The van der Waals surface area contributed by atoms with Crippen LogP contribution in [0.1, 0.15) is 25.1 Å². The summed E-state index contributed by atoms with van der Waals surface area (Å²) in [5, 5.41) is 12.6. The molecule has 0 radical (unpaired) electrons. The van der Waals surface area contributed by atoms with E-state index < -0.39 is 0 Å². The lowest BCUT2D eigenvalue weighted by atomic mass is 10.1. The molecule has 3 N–H and O–H groups in total. The molecule has 106 valence electrons. The number of hydrogen-bond acceptors (Lipinski definition) is 5. The molecule has 1 aromatic rings. The maximum absolute atomic E-state index is 11.6. The number of piperidine rings is 1. The molecule has 1 aromatic heterocycles. The van der Waals surface area contributed by atoms with Crippen LogP contribution in [0.25, 0.3) is 0 Å². The largest absolute Gasteiger partial charge is 0.378 e. The fourth-order valence-electron chi connectivity index (χ4n) is 2.04. The van der Waals surface area contributed by atoms with E-state index in [9.17, 15) is 4.79 Å². The molecule has 19 heavy (non-hydrogen) atoms. The molecule has 0 saturated carbocycles. The molecular formula is C12H21N5O2. The van der Waals surface area contributed by atoms with Crippen LogP contribution in [0.15, 0.2) is 6.33 Å². The molecule has 1 saturated heterocycles. The molecule has 0 bridgehead atoms. The summed E-state index contributed by atoms with van der Waals surface area (Å²) in [5.41, 5.74) is 0. The van der Waals surface area contributed by atoms with Gasteiger partial charge < -0.3 is 15.4 Å². The Kier molecular flexibility index (Phi) is 5.77. The van der Waals surface area contributed by atoms with E-state index in [-0.39, 0.29) is 5.91 Å². The first-order valence-electron chi connectivity index (χ1n) is 6.78. The number of rotatable bonds is 7. The van der Waals surface area contributed by atoms with Crippen molar-refractivity contribution in [3.05, 3.63) is 12.2 Å². The molecule has 1 aliphatic heterocycles. The average Bonchev–Trinajstić information content (AvgIpc) is 2.93. The van der Waals surface area contributed by atoms with Crippen molar-refractivity contribution in [3.63, 3.8) is 0 Å². The summed E-state index contributed by atoms with van der Waals surface area (Å²) in [7, 11) is 0. The van der Waals surface area contributed by atoms with Gasteiger partial charge in [0.25, 0.3) is 0 Å². The maximum atomic E-state index is 11.6. The minimum atomic E-state index is 0.0217. The summed E-state index contributed by atoms with van der Waals surface area (Å²) in [6, 6.07) is 0. The zero-order valence-electron chi connectivity index (χ0n) is 11.0. The van der Waals surface area contributed by atoms with E-state index in [4.69, 9.17) is 4.74 Å². The van der Waals surface area contributed by atoms with Crippen molar-refractivity contribution in [3.8, 4) is 0 Å². The number of nitrogens with one attached hydrogen (secondary N) is 3. The fourth-order valence-corrected chi connectivity index (χ4v) is 2.04. The molecule has 0 unspecified atom stereocenters. The third-order valence-electron chi connectivity index (χ3n) is 3.12. The van der Waals surface area contributed by atoms with Gasteiger partial charge in [-0.15, -0.1) is 0 Å². The van der Waals surface area contributed by atoms with Crippen molar-refractivity contribution in [1.29, 1.82) is 0 Å². The van der Waals surface area contributed by atoms with Crippen molar-refractivity contribution in [2.45, 2.75) is 31.8 Å². The minimum Gasteiger partial charge on any atom is -0.378 e. The van der Waals surface area contributed by atoms with Crippen LogP contribution in [0, 0.1) is 0 Å². The first-order chi connectivity index (χ1) is 9.34. The predicted molar refractivity (Wildman–Crippen MR) is 69.6 cm³/mol. The van der Waals surface area contributed by atoms with Crippen LogP contribution in [0.5, 0.6) is 0 Å². The molecule has 1 fully saturated rings. The Labute approximate surface area is 112 Å². The monoisotopic (exact) mass is 267 g/mol. The summed E-state index contributed by atoms with van der Waals surface area (Å²) < 4.78 is 5.68. The molecule has 0 atom stereocenters. The van der Waals surface area contributed by atoms with Gasteiger partial charge in [0.05, 0.1) is 12.7 Å². The van der Waals surface area contributed by atoms with Gasteiger partial charge in [0.15, 0.2) is 0 Å². The SMILES string of the molecule is O=C(CCOC1CCNCC1)NCCc1ncn[nH]1. The third-order valence-corrected chi connectivity index (χ3v) is 3.12. The molecule has 7 nitrogen and oxygen atoms in total. The topological polar surface area (TPSA) is 91.9 Å². The van der Waals surface area contributed by atoms with Crippen molar-refractivity contribution in [2.75, 3.05) is 26.2 Å². The van der Waals surface area contributed by atoms with Gasteiger partial charge in [0.1, 0.15) is 12.2 Å². The number of hydrogen-bond donors (Lipinski definition) is 3. The first-order valence-corrected chi connectivity index (χ1v) is 6.78. The Balaban J connectivity index is 1.49. The second-order valence-corrected chi connectivity index (χ2v) is 4.60. The van der Waals surface area contributed by atoms with Gasteiger partial charge in [0.2, 0.25) is 5.91 Å². The molecule has 1 amide bonds. The molecule has 0 spiro atoms. The third kappa shape index (κ3) is 5.35. The average molecular weight is 267 g/mol. The van der Waals surface area contributed by atoms with Gasteiger partial charge in [-0.25, -0.2) is 4.98 Å². The highest BCUT2D eigenvalue weighted by Gasteiger charge is 2.13. The van der Waals surface area contributed by atoms with Crippen molar-refractivity contribution in [2.24, 2.45) is 0 Å². The van der Waals surface area contributed by atoms with Gasteiger partial charge in [-0.05, 0) is 25.9 Å². The predicted octanol–water partition coefficient (Wildman–Crippen LogP) is -0.378. The van der Waals surface area contributed by atoms with Crippen molar-refractivity contribution in [1.82, 2.24) is 25.8 Å². The molecule has 2 heterocycles.